The van der Waals surface area contributed by atoms with Crippen LogP contribution in [0.25, 0.3) is 76.5 Å². The Morgan fingerprint density at radius 2 is 0.985 bits per heavy atom. The van der Waals surface area contributed by atoms with Gasteiger partial charge in [-0.3, -0.25) is 0 Å². The monoisotopic (exact) mass is 846 g/mol. The van der Waals surface area contributed by atoms with Gasteiger partial charge in [-0.05, 0) is 125 Å². The zero-order valence-electron chi connectivity index (χ0n) is 36.5. The highest BCUT2D eigenvalue weighted by atomic mass is 16.5. The molecule has 13 rings (SSSR count). The van der Waals surface area contributed by atoms with Crippen molar-refractivity contribution in [2.24, 2.45) is 0 Å². The molecule has 0 aliphatic carbocycles. The van der Waals surface area contributed by atoms with Gasteiger partial charge in [0.2, 0.25) is 0 Å². The Balaban J connectivity index is 1.09. The van der Waals surface area contributed by atoms with Gasteiger partial charge in [0.25, 0.3) is 0 Å². The van der Waals surface area contributed by atoms with E-state index in [-0.39, 0.29) is 0 Å². The van der Waals surface area contributed by atoms with Crippen molar-refractivity contribution in [3.05, 3.63) is 230 Å². The van der Waals surface area contributed by atoms with Crippen LogP contribution in [-0.2, 0) is 0 Å². The average Bonchev–Trinajstić information content (AvgIpc) is 3.75. The molecule has 0 fully saturated rings. The Bertz CT molecular complexity index is 3840. The van der Waals surface area contributed by atoms with Crippen LogP contribution in [0.15, 0.2) is 223 Å². The second-order valence-corrected chi connectivity index (χ2v) is 17.4. The molecule has 312 valence electrons. The molecule has 0 spiro atoms. The van der Waals surface area contributed by atoms with Gasteiger partial charge in [0, 0.05) is 55.8 Å². The minimum Gasteiger partial charge on any atom is -0.456 e. The number of fused-ring (bicyclic) bond motifs is 9. The van der Waals surface area contributed by atoms with Crippen molar-refractivity contribution >= 4 is 88.4 Å². The zero-order chi connectivity index (χ0) is 43.9. The number of aryl methyl sites for hydroxylation is 2. The van der Waals surface area contributed by atoms with Crippen LogP contribution in [0, 0.1) is 13.8 Å². The molecule has 2 heterocycles. The number of benzene rings is 11. The van der Waals surface area contributed by atoms with Crippen LogP contribution in [-0.4, -0.2) is 0 Å². The fourth-order valence-corrected chi connectivity index (χ4v) is 10.4. The third kappa shape index (κ3) is 5.99. The molecule has 1 aliphatic heterocycles. The minimum atomic E-state index is 0.836. The molecular formula is C62H42N2O2. The first-order valence-electron chi connectivity index (χ1n) is 22.6. The van der Waals surface area contributed by atoms with Crippen LogP contribution in [0.2, 0.25) is 0 Å². The summed E-state index contributed by atoms with van der Waals surface area (Å²) in [5, 5.41) is 9.14. The lowest BCUT2D eigenvalue weighted by atomic mass is 9.87. The Hall–Kier alpha value is -8.60. The maximum atomic E-state index is 7.06. The summed E-state index contributed by atoms with van der Waals surface area (Å²) in [6, 6.07) is 78.3. The first-order chi connectivity index (χ1) is 32.6. The molecule has 0 saturated heterocycles. The van der Waals surface area contributed by atoms with Crippen LogP contribution >= 0.6 is 0 Å². The van der Waals surface area contributed by atoms with Crippen LogP contribution < -0.4 is 14.5 Å². The number of anilines is 6. The van der Waals surface area contributed by atoms with E-state index in [1.165, 1.54) is 21.9 Å². The molecule has 0 unspecified atom stereocenters. The molecule has 66 heavy (non-hydrogen) atoms. The summed E-state index contributed by atoms with van der Waals surface area (Å²) >= 11 is 0. The molecule has 4 heteroatoms. The maximum absolute atomic E-state index is 7.06. The van der Waals surface area contributed by atoms with Crippen molar-refractivity contribution in [1.82, 2.24) is 0 Å². The highest BCUT2D eigenvalue weighted by Gasteiger charge is 2.28. The Morgan fingerprint density at radius 1 is 0.333 bits per heavy atom. The van der Waals surface area contributed by atoms with Gasteiger partial charge in [0.15, 0.2) is 5.58 Å². The lowest BCUT2D eigenvalue weighted by molar-refractivity contribution is 0.487. The normalized spacial score (nSPS) is 11.9. The van der Waals surface area contributed by atoms with Crippen molar-refractivity contribution in [3.8, 4) is 33.8 Å². The van der Waals surface area contributed by atoms with E-state index in [4.69, 9.17) is 9.15 Å². The zero-order valence-corrected chi connectivity index (χ0v) is 36.5. The standard InChI is InChI=1S/C62H42N2O2/c1-39-29-31-46-50(33-39)51-37-54-48-32-30-44(63(42-19-8-4-9-20-42)43-21-10-5-11-22-43)36-59(48)65-60-35-40(2)34-53(61(54)60)52(51)38-57(46)64(55-26-14-12-23-45(55)41-17-6-3-7-18-41)56-27-16-25-49-47-24-13-15-28-58(47)66-62(49)56/h3-38H,1-2H3. The number of nitrogens with zero attached hydrogens (tertiary/aromatic N) is 2. The van der Waals surface area contributed by atoms with E-state index in [1.807, 2.05) is 6.07 Å². The summed E-state index contributed by atoms with van der Waals surface area (Å²) in [5.74, 6) is 1.70. The maximum Gasteiger partial charge on any atom is 0.159 e. The highest BCUT2D eigenvalue weighted by molar-refractivity contribution is 6.26. The van der Waals surface area contributed by atoms with Gasteiger partial charge in [-0.1, -0.05) is 145 Å². The van der Waals surface area contributed by atoms with Gasteiger partial charge < -0.3 is 19.0 Å². The van der Waals surface area contributed by atoms with E-state index >= 15 is 0 Å². The van der Waals surface area contributed by atoms with Gasteiger partial charge >= 0.3 is 0 Å². The summed E-state index contributed by atoms with van der Waals surface area (Å²) in [4.78, 5) is 4.72. The lowest BCUT2D eigenvalue weighted by Gasteiger charge is -2.30. The summed E-state index contributed by atoms with van der Waals surface area (Å²) in [7, 11) is 0. The van der Waals surface area contributed by atoms with E-state index in [0.717, 1.165) is 111 Å². The molecular weight excluding hydrogens is 805 g/mol. The van der Waals surface area contributed by atoms with Gasteiger partial charge in [0.05, 0.1) is 17.1 Å². The average molecular weight is 847 g/mol. The molecule has 4 nitrogen and oxygen atoms in total. The molecule has 1 aliphatic rings. The molecule has 12 aromatic rings. The predicted molar refractivity (Wildman–Crippen MR) is 276 cm³/mol. The van der Waals surface area contributed by atoms with E-state index in [1.54, 1.807) is 0 Å². The summed E-state index contributed by atoms with van der Waals surface area (Å²) in [6.07, 6.45) is 0. The van der Waals surface area contributed by atoms with Gasteiger partial charge in [-0.15, -0.1) is 0 Å². The van der Waals surface area contributed by atoms with Crippen LogP contribution in [0.3, 0.4) is 0 Å². The lowest BCUT2D eigenvalue weighted by Crippen LogP contribution is -2.12. The predicted octanol–water partition coefficient (Wildman–Crippen LogP) is 18.0. The number of hydrogen-bond acceptors (Lipinski definition) is 4. The summed E-state index contributed by atoms with van der Waals surface area (Å²) < 4.78 is 13.9. The Labute approximate surface area is 382 Å². The SMILES string of the molecule is Cc1ccc2c(N(c3ccccc3-c3ccccc3)c3cccc4c3oc3ccccc34)cc3c4cc(C)cc5c4c(cc3c2c1)-c1ccc(N(c2ccccc2)c2ccccc2)cc1O5. The van der Waals surface area contributed by atoms with Crippen molar-refractivity contribution in [3.63, 3.8) is 0 Å². The number of furan rings is 1. The first kappa shape index (κ1) is 37.9. The number of para-hydroxylation sites is 5. The smallest absolute Gasteiger partial charge is 0.159 e. The molecule has 0 amide bonds. The highest BCUT2D eigenvalue weighted by Crippen LogP contribution is 2.54. The molecule has 0 bridgehead atoms. The largest absolute Gasteiger partial charge is 0.456 e. The van der Waals surface area contributed by atoms with Crippen LogP contribution in [0.1, 0.15) is 11.1 Å². The Kier molecular flexibility index (Phi) is 8.62. The second kappa shape index (κ2) is 15.0. The van der Waals surface area contributed by atoms with Gasteiger partial charge in [-0.2, -0.15) is 0 Å². The van der Waals surface area contributed by atoms with Gasteiger partial charge in [-0.25, -0.2) is 0 Å². The van der Waals surface area contributed by atoms with E-state index in [2.05, 4.69) is 236 Å². The topological polar surface area (TPSA) is 28.9 Å². The molecule has 0 atom stereocenters. The van der Waals surface area contributed by atoms with E-state index in [9.17, 15) is 0 Å². The van der Waals surface area contributed by atoms with E-state index < -0.39 is 0 Å². The van der Waals surface area contributed by atoms with Gasteiger partial charge in [0.1, 0.15) is 17.1 Å². The van der Waals surface area contributed by atoms with E-state index in [0.29, 0.717) is 0 Å². The number of rotatable bonds is 7. The van der Waals surface area contributed by atoms with Crippen LogP contribution in [0.5, 0.6) is 11.5 Å². The number of hydrogen-bond donors (Lipinski definition) is 0. The minimum absolute atomic E-state index is 0.836. The first-order valence-corrected chi connectivity index (χ1v) is 22.6. The van der Waals surface area contributed by atoms with Crippen molar-refractivity contribution in [2.75, 3.05) is 9.80 Å². The van der Waals surface area contributed by atoms with Crippen molar-refractivity contribution < 1.29 is 9.15 Å². The molecule has 11 aromatic carbocycles. The number of ether oxygens (including phenoxy) is 1. The van der Waals surface area contributed by atoms with Crippen LogP contribution in [0.4, 0.5) is 34.1 Å². The summed E-state index contributed by atoms with van der Waals surface area (Å²) in [5.41, 5.74) is 14.8. The summed E-state index contributed by atoms with van der Waals surface area (Å²) in [6.45, 7) is 4.37. The third-order valence-electron chi connectivity index (χ3n) is 13.3. The van der Waals surface area contributed by atoms with Crippen molar-refractivity contribution in [1.29, 1.82) is 0 Å². The fourth-order valence-electron chi connectivity index (χ4n) is 10.4. The molecule has 0 saturated carbocycles. The molecule has 0 N–H and O–H groups in total. The molecule has 0 radical (unpaired) electrons. The second-order valence-electron chi connectivity index (χ2n) is 17.4. The third-order valence-corrected chi connectivity index (χ3v) is 13.3. The quantitative estimate of drug-likeness (QED) is 0.149. The Morgan fingerprint density at radius 3 is 1.79 bits per heavy atom. The molecule has 1 aromatic heterocycles. The van der Waals surface area contributed by atoms with Crippen molar-refractivity contribution in [2.45, 2.75) is 13.8 Å². The fraction of sp³-hybridized carbons (Fsp3) is 0.0323.